The molecule has 0 fully saturated rings. The number of thiocarbonyl (C=S) groups is 1. The van der Waals surface area contributed by atoms with Crippen molar-refractivity contribution in [2.24, 2.45) is 0 Å². The highest BCUT2D eigenvalue weighted by atomic mass is 32.1. The van der Waals surface area contributed by atoms with E-state index in [-0.39, 0.29) is 0 Å². The van der Waals surface area contributed by atoms with Crippen molar-refractivity contribution in [3.05, 3.63) is 54.2 Å². The molecular weight excluding hydrogens is 508 g/mol. The van der Waals surface area contributed by atoms with Crippen LogP contribution in [-0.4, -0.2) is 55.6 Å². The number of anilines is 3. The molecule has 0 saturated carbocycles. The Hall–Kier alpha value is -4.58. The molecule has 0 bridgehead atoms. The van der Waals surface area contributed by atoms with Crippen molar-refractivity contribution in [1.29, 1.82) is 0 Å². The highest BCUT2D eigenvalue weighted by Crippen LogP contribution is 2.40. The number of benzene rings is 2. The average molecular weight is 537 g/mol. The van der Waals surface area contributed by atoms with Crippen LogP contribution in [0.3, 0.4) is 0 Å². The van der Waals surface area contributed by atoms with Crippen molar-refractivity contribution >= 4 is 45.8 Å². The third kappa shape index (κ3) is 5.86. The molecule has 2 aromatic carbocycles. The zero-order valence-electron chi connectivity index (χ0n) is 21.6. The number of para-hydroxylation sites is 1. The number of rotatable bonds is 10. The minimum Gasteiger partial charge on any atom is -0.493 e. The Balaban J connectivity index is 1.48. The van der Waals surface area contributed by atoms with Gasteiger partial charge in [-0.05, 0) is 30.4 Å². The van der Waals surface area contributed by atoms with Gasteiger partial charge in [-0.15, -0.1) is 0 Å². The van der Waals surface area contributed by atoms with Crippen molar-refractivity contribution in [2.45, 2.75) is 6.54 Å². The fourth-order valence-corrected chi connectivity index (χ4v) is 3.93. The van der Waals surface area contributed by atoms with Gasteiger partial charge in [0.25, 0.3) is 0 Å². The van der Waals surface area contributed by atoms with Gasteiger partial charge < -0.3 is 39.6 Å². The molecule has 4 rings (SSSR count). The molecule has 11 nitrogen and oxygen atoms in total. The maximum Gasteiger partial charge on any atom is 0.203 e. The molecule has 0 radical (unpaired) electrons. The van der Waals surface area contributed by atoms with Crippen LogP contribution in [0.4, 0.5) is 17.3 Å². The summed E-state index contributed by atoms with van der Waals surface area (Å²) in [6.45, 7) is 0.433. The Morgan fingerprint density at radius 2 is 1.47 bits per heavy atom. The van der Waals surface area contributed by atoms with Gasteiger partial charge in [0.1, 0.15) is 11.3 Å². The second kappa shape index (κ2) is 12.1. The zero-order valence-corrected chi connectivity index (χ0v) is 22.4. The zero-order chi connectivity index (χ0) is 27.1. The summed E-state index contributed by atoms with van der Waals surface area (Å²) in [5.41, 5.74) is 2.65. The number of aromatic nitrogens is 3. The number of nitrogens with one attached hydrogen (secondary N) is 3. The van der Waals surface area contributed by atoms with Crippen LogP contribution in [0.5, 0.6) is 28.7 Å². The lowest BCUT2D eigenvalue weighted by atomic mass is 10.2. The summed E-state index contributed by atoms with van der Waals surface area (Å²) in [6, 6.07) is 12.8. The summed E-state index contributed by atoms with van der Waals surface area (Å²) in [4.78, 5) is 13.6. The van der Waals surface area contributed by atoms with E-state index in [0.29, 0.717) is 68.9 Å². The van der Waals surface area contributed by atoms with Gasteiger partial charge in [0, 0.05) is 29.9 Å². The Morgan fingerprint density at radius 3 is 2.13 bits per heavy atom. The van der Waals surface area contributed by atoms with Gasteiger partial charge in [-0.1, -0.05) is 12.1 Å². The minimum absolute atomic E-state index is 0.390. The largest absolute Gasteiger partial charge is 0.493 e. The van der Waals surface area contributed by atoms with Crippen LogP contribution in [0.1, 0.15) is 5.56 Å². The van der Waals surface area contributed by atoms with Gasteiger partial charge in [-0.2, -0.15) is 0 Å². The molecule has 2 heterocycles. The summed E-state index contributed by atoms with van der Waals surface area (Å²) in [5.74, 6) is 3.83. The average Bonchev–Trinajstić information content (AvgIpc) is 2.94. The monoisotopic (exact) mass is 536 g/mol. The van der Waals surface area contributed by atoms with E-state index in [1.165, 1.54) is 0 Å². The van der Waals surface area contributed by atoms with Crippen LogP contribution < -0.4 is 39.6 Å². The second-order valence-corrected chi connectivity index (χ2v) is 8.20. The lowest BCUT2D eigenvalue weighted by Gasteiger charge is -2.15. The molecule has 0 atom stereocenters. The van der Waals surface area contributed by atoms with Crippen molar-refractivity contribution in [3.8, 4) is 28.7 Å². The molecule has 198 valence electrons. The first kappa shape index (κ1) is 26.5. The quantitative estimate of drug-likeness (QED) is 0.251. The van der Waals surface area contributed by atoms with Gasteiger partial charge in [-0.3, -0.25) is 0 Å². The van der Waals surface area contributed by atoms with Crippen LogP contribution in [-0.2, 0) is 6.54 Å². The molecule has 0 saturated heterocycles. The fourth-order valence-electron chi connectivity index (χ4n) is 3.76. The highest BCUT2D eigenvalue weighted by molar-refractivity contribution is 7.80. The summed E-state index contributed by atoms with van der Waals surface area (Å²) in [6.07, 6.45) is 1.62. The summed E-state index contributed by atoms with van der Waals surface area (Å²) < 4.78 is 27.0. The number of ether oxygens (including phenoxy) is 5. The normalized spacial score (nSPS) is 10.4. The number of pyridine rings is 1. The standard InChI is InChI=1S/C26H28N6O5S/c1-33-18-8-6-7-15(23(18)36-4)13-28-26(38)32-21-10-9-17-25(30-21)31-22(14-27-17)29-16-11-19(34-2)24(37-5)20(12-16)35-3/h6-12,14H,13H2,1-5H3,(H3,28,29,30,31,32,38). The summed E-state index contributed by atoms with van der Waals surface area (Å²) in [5, 5.41) is 9.84. The van der Waals surface area contributed by atoms with Gasteiger partial charge in [0.15, 0.2) is 39.6 Å². The van der Waals surface area contributed by atoms with Crippen LogP contribution in [0.15, 0.2) is 48.7 Å². The SMILES string of the molecule is COc1cccc(CNC(=S)Nc2ccc3ncc(Nc4cc(OC)c(OC)c(OC)c4)nc3n2)c1OC. The number of hydrogen-bond acceptors (Lipinski definition) is 10. The van der Waals surface area contributed by atoms with E-state index in [4.69, 9.17) is 35.9 Å². The van der Waals surface area contributed by atoms with Crippen molar-refractivity contribution in [3.63, 3.8) is 0 Å². The minimum atomic E-state index is 0.390. The lowest BCUT2D eigenvalue weighted by molar-refractivity contribution is 0.324. The van der Waals surface area contributed by atoms with Gasteiger partial charge in [0.05, 0.1) is 41.7 Å². The molecule has 0 aliphatic rings. The van der Waals surface area contributed by atoms with Crippen LogP contribution in [0, 0.1) is 0 Å². The maximum atomic E-state index is 5.47. The van der Waals surface area contributed by atoms with Gasteiger partial charge >= 0.3 is 0 Å². The van der Waals surface area contributed by atoms with E-state index in [1.807, 2.05) is 24.3 Å². The summed E-state index contributed by atoms with van der Waals surface area (Å²) >= 11 is 5.46. The Labute approximate surface area is 225 Å². The van der Waals surface area contributed by atoms with Crippen molar-refractivity contribution in [2.75, 3.05) is 46.2 Å². The highest BCUT2D eigenvalue weighted by Gasteiger charge is 2.14. The molecule has 3 N–H and O–H groups in total. The van der Waals surface area contributed by atoms with Crippen molar-refractivity contribution in [1.82, 2.24) is 20.3 Å². The molecule has 0 unspecified atom stereocenters. The van der Waals surface area contributed by atoms with Crippen LogP contribution in [0.25, 0.3) is 11.2 Å². The molecule has 0 amide bonds. The van der Waals surface area contributed by atoms with Gasteiger partial charge in [0.2, 0.25) is 5.75 Å². The molecule has 2 aromatic heterocycles. The Kier molecular flexibility index (Phi) is 8.44. The van der Waals surface area contributed by atoms with E-state index in [1.54, 1.807) is 59.9 Å². The van der Waals surface area contributed by atoms with Crippen molar-refractivity contribution < 1.29 is 23.7 Å². The first-order valence-corrected chi connectivity index (χ1v) is 11.9. The maximum absolute atomic E-state index is 5.47. The first-order chi connectivity index (χ1) is 18.5. The third-order valence-electron chi connectivity index (χ3n) is 5.51. The Bertz CT molecular complexity index is 1430. The first-order valence-electron chi connectivity index (χ1n) is 11.4. The Morgan fingerprint density at radius 1 is 0.789 bits per heavy atom. The van der Waals surface area contributed by atoms with E-state index in [0.717, 1.165) is 5.56 Å². The van der Waals surface area contributed by atoms with E-state index in [2.05, 4.69) is 30.9 Å². The topological polar surface area (TPSA) is 121 Å². The molecule has 0 aliphatic heterocycles. The lowest BCUT2D eigenvalue weighted by Crippen LogP contribution is -2.28. The number of nitrogens with zero attached hydrogens (tertiary/aromatic N) is 3. The summed E-state index contributed by atoms with van der Waals surface area (Å²) in [7, 11) is 7.87. The van der Waals surface area contributed by atoms with E-state index >= 15 is 0 Å². The molecule has 38 heavy (non-hydrogen) atoms. The second-order valence-electron chi connectivity index (χ2n) is 7.79. The molecule has 4 aromatic rings. The van der Waals surface area contributed by atoms with E-state index in [9.17, 15) is 0 Å². The number of methoxy groups -OCH3 is 5. The fraction of sp³-hybridized carbons (Fsp3) is 0.231. The smallest absolute Gasteiger partial charge is 0.203 e. The number of hydrogen-bond donors (Lipinski definition) is 3. The third-order valence-corrected chi connectivity index (χ3v) is 5.76. The number of fused-ring (bicyclic) bond motifs is 1. The predicted molar refractivity (Wildman–Crippen MR) is 149 cm³/mol. The molecule has 12 heteroatoms. The predicted octanol–water partition coefficient (Wildman–Crippen LogP) is 4.30. The molecule has 0 aliphatic carbocycles. The van der Waals surface area contributed by atoms with Gasteiger partial charge in [-0.25, -0.2) is 15.0 Å². The van der Waals surface area contributed by atoms with Crippen LogP contribution in [0.2, 0.25) is 0 Å². The van der Waals surface area contributed by atoms with Crippen LogP contribution >= 0.6 is 12.2 Å². The molecule has 0 spiro atoms. The van der Waals surface area contributed by atoms with E-state index < -0.39 is 0 Å². The molecular formula is C26H28N6O5S.